The number of amides is 1. The Balaban J connectivity index is 1.74. The number of nitrogen functional groups attached to an aromatic ring is 1. The van der Waals surface area contributed by atoms with Gasteiger partial charge in [-0.2, -0.15) is 0 Å². The van der Waals surface area contributed by atoms with Crippen molar-refractivity contribution in [3.05, 3.63) is 41.5 Å². The molecule has 1 amide bonds. The highest BCUT2D eigenvalue weighted by atomic mass is 16.7. The number of ether oxygens (including phenoxy) is 2. The first-order valence-electron chi connectivity index (χ1n) is 6.39. The van der Waals surface area contributed by atoms with Gasteiger partial charge in [0, 0.05) is 18.0 Å². The van der Waals surface area contributed by atoms with E-state index in [0.717, 1.165) is 5.69 Å². The van der Waals surface area contributed by atoms with Crippen LogP contribution in [0.1, 0.15) is 21.9 Å². The minimum Gasteiger partial charge on any atom is -0.454 e. The zero-order chi connectivity index (χ0) is 14.8. The number of rotatable bonds is 3. The van der Waals surface area contributed by atoms with Crippen LogP contribution in [0, 0.1) is 6.92 Å². The molecule has 0 bridgehead atoms. The maximum Gasteiger partial charge on any atom is 0.253 e. The van der Waals surface area contributed by atoms with Gasteiger partial charge in [0.1, 0.15) is 5.82 Å². The second-order valence-electron chi connectivity index (χ2n) is 4.57. The molecule has 108 valence electrons. The molecule has 0 saturated heterocycles. The zero-order valence-electron chi connectivity index (χ0n) is 11.4. The molecule has 0 fully saturated rings. The van der Waals surface area contributed by atoms with Crippen LogP contribution in [-0.4, -0.2) is 22.7 Å². The summed E-state index contributed by atoms with van der Waals surface area (Å²) in [6, 6.07) is 4.92. The van der Waals surface area contributed by atoms with Gasteiger partial charge in [-0.1, -0.05) is 0 Å². The van der Waals surface area contributed by atoms with E-state index in [1.165, 1.54) is 0 Å². The van der Waals surface area contributed by atoms with Crippen molar-refractivity contribution in [3.63, 3.8) is 0 Å². The number of carbonyl (C=O) groups is 1. The van der Waals surface area contributed by atoms with Gasteiger partial charge in [0.2, 0.25) is 6.79 Å². The summed E-state index contributed by atoms with van der Waals surface area (Å²) in [5.41, 5.74) is 7.29. The Morgan fingerprint density at radius 3 is 2.90 bits per heavy atom. The summed E-state index contributed by atoms with van der Waals surface area (Å²) in [4.78, 5) is 20.4. The van der Waals surface area contributed by atoms with E-state index in [1.807, 2.05) is 0 Å². The van der Waals surface area contributed by atoms with E-state index in [-0.39, 0.29) is 12.7 Å². The van der Waals surface area contributed by atoms with Crippen molar-refractivity contribution < 1.29 is 14.3 Å². The van der Waals surface area contributed by atoms with Gasteiger partial charge in [-0.15, -0.1) is 0 Å². The van der Waals surface area contributed by atoms with E-state index >= 15 is 0 Å². The predicted molar refractivity (Wildman–Crippen MR) is 74.9 cm³/mol. The lowest BCUT2D eigenvalue weighted by Crippen LogP contribution is -2.24. The van der Waals surface area contributed by atoms with Crippen LogP contribution in [0.4, 0.5) is 5.69 Å². The van der Waals surface area contributed by atoms with Crippen LogP contribution in [0.2, 0.25) is 0 Å². The van der Waals surface area contributed by atoms with Crippen LogP contribution in [-0.2, 0) is 6.54 Å². The average Bonchev–Trinajstić information content (AvgIpc) is 2.91. The number of fused-ring (bicyclic) bond motifs is 1. The monoisotopic (exact) mass is 286 g/mol. The summed E-state index contributed by atoms with van der Waals surface area (Å²) in [5.74, 6) is 1.44. The van der Waals surface area contributed by atoms with Crippen molar-refractivity contribution in [2.75, 3.05) is 12.5 Å². The van der Waals surface area contributed by atoms with Gasteiger partial charge in [0.25, 0.3) is 5.91 Å². The Labute approximate surface area is 121 Å². The second-order valence-corrected chi connectivity index (χ2v) is 4.57. The molecular formula is C14H14N4O3. The molecule has 1 aromatic heterocycles. The lowest BCUT2D eigenvalue weighted by molar-refractivity contribution is 0.0951. The van der Waals surface area contributed by atoms with Crippen molar-refractivity contribution in [2.45, 2.75) is 13.5 Å². The summed E-state index contributed by atoms with van der Waals surface area (Å²) in [7, 11) is 0. The van der Waals surface area contributed by atoms with Crippen molar-refractivity contribution in [1.29, 1.82) is 0 Å². The Bertz CT molecular complexity index is 703. The van der Waals surface area contributed by atoms with Gasteiger partial charge < -0.3 is 20.5 Å². The van der Waals surface area contributed by atoms with Gasteiger partial charge in [0.05, 0.1) is 17.8 Å². The van der Waals surface area contributed by atoms with E-state index in [9.17, 15) is 4.79 Å². The van der Waals surface area contributed by atoms with Crippen molar-refractivity contribution in [2.24, 2.45) is 0 Å². The molecular weight excluding hydrogens is 272 g/mol. The number of nitrogens with one attached hydrogen (secondary N) is 1. The van der Waals surface area contributed by atoms with E-state index in [2.05, 4.69) is 15.3 Å². The van der Waals surface area contributed by atoms with Gasteiger partial charge in [0.15, 0.2) is 11.5 Å². The van der Waals surface area contributed by atoms with Crippen molar-refractivity contribution in [3.8, 4) is 11.5 Å². The standard InChI is InChI=1S/C14H14N4O3/c1-8-16-3-2-9(18-8)6-17-14(19)10-4-12-13(5-11(10)15)21-7-20-12/h2-5H,6-7,15H2,1H3,(H,17,19). The van der Waals surface area contributed by atoms with Crippen LogP contribution < -0.4 is 20.5 Å². The SMILES string of the molecule is Cc1nccc(CNC(=O)c2cc3c(cc2N)OCO3)n1. The Hall–Kier alpha value is -2.83. The lowest BCUT2D eigenvalue weighted by atomic mass is 10.1. The normalized spacial score (nSPS) is 12.2. The molecule has 0 atom stereocenters. The number of carbonyl (C=O) groups excluding carboxylic acids is 1. The maximum absolute atomic E-state index is 12.2. The van der Waals surface area contributed by atoms with Gasteiger partial charge in [-0.25, -0.2) is 9.97 Å². The van der Waals surface area contributed by atoms with Crippen LogP contribution in [0.25, 0.3) is 0 Å². The van der Waals surface area contributed by atoms with E-state index < -0.39 is 0 Å². The molecule has 1 aliphatic heterocycles. The number of aromatic nitrogens is 2. The first-order chi connectivity index (χ1) is 10.1. The average molecular weight is 286 g/mol. The summed E-state index contributed by atoms with van der Waals surface area (Å²) in [5, 5.41) is 2.77. The fourth-order valence-electron chi connectivity index (χ4n) is 2.02. The molecule has 3 rings (SSSR count). The van der Waals surface area contributed by atoms with E-state index in [1.54, 1.807) is 31.3 Å². The highest BCUT2D eigenvalue weighted by Gasteiger charge is 2.19. The molecule has 0 aliphatic carbocycles. The molecule has 0 saturated carbocycles. The number of nitrogens with zero attached hydrogens (tertiary/aromatic N) is 2. The van der Waals surface area contributed by atoms with E-state index in [0.29, 0.717) is 35.1 Å². The fourth-order valence-corrected chi connectivity index (χ4v) is 2.02. The summed E-state index contributed by atoms with van der Waals surface area (Å²) < 4.78 is 10.4. The Morgan fingerprint density at radius 2 is 2.14 bits per heavy atom. The number of hydrogen-bond acceptors (Lipinski definition) is 6. The topological polar surface area (TPSA) is 99.4 Å². The van der Waals surface area contributed by atoms with Gasteiger partial charge >= 0.3 is 0 Å². The Kier molecular flexibility index (Phi) is 3.31. The summed E-state index contributed by atoms with van der Waals surface area (Å²) >= 11 is 0. The van der Waals surface area contributed by atoms with Crippen LogP contribution >= 0.6 is 0 Å². The van der Waals surface area contributed by atoms with Crippen molar-refractivity contribution >= 4 is 11.6 Å². The summed E-state index contributed by atoms with van der Waals surface area (Å²) in [6.07, 6.45) is 1.65. The summed E-state index contributed by atoms with van der Waals surface area (Å²) in [6.45, 7) is 2.23. The fraction of sp³-hybridized carbons (Fsp3) is 0.214. The van der Waals surface area contributed by atoms with Gasteiger partial charge in [-0.05, 0) is 19.1 Å². The third-order valence-electron chi connectivity index (χ3n) is 3.05. The first kappa shape index (κ1) is 13.2. The van der Waals surface area contributed by atoms with Crippen LogP contribution in [0.3, 0.4) is 0 Å². The minimum atomic E-state index is -0.290. The number of benzene rings is 1. The minimum absolute atomic E-state index is 0.139. The van der Waals surface area contributed by atoms with E-state index in [4.69, 9.17) is 15.2 Å². The maximum atomic E-state index is 12.2. The molecule has 2 heterocycles. The number of nitrogens with two attached hydrogens (primary N) is 1. The molecule has 7 heteroatoms. The quantitative estimate of drug-likeness (QED) is 0.817. The predicted octanol–water partition coefficient (Wildman–Crippen LogP) is 1.03. The number of aryl methyl sites for hydroxylation is 1. The molecule has 2 aromatic rings. The molecule has 3 N–H and O–H groups in total. The molecule has 7 nitrogen and oxygen atoms in total. The first-order valence-corrected chi connectivity index (χ1v) is 6.39. The van der Waals surface area contributed by atoms with Crippen molar-refractivity contribution in [1.82, 2.24) is 15.3 Å². The molecule has 21 heavy (non-hydrogen) atoms. The third kappa shape index (κ3) is 2.71. The smallest absolute Gasteiger partial charge is 0.253 e. The van der Waals surface area contributed by atoms with Crippen LogP contribution in [0.15, 0.2) is 24.4 Å². The molecule has 0 spiro atoms. The van der Waals surface area contributed by atoms with Crippen LogP contribution in [0.5, 0.6) is 11.5 Å². The molecule has 1 aliphatic rings. The second kappa shape index (κ2) is 5.28. The molecule has 0 unspecified atom stereocenters. The highest BCUT2D eigenvalue weighted by molar-refractivity contribution is 6.00. The molecule has 1 aromatic carbocycles. The number of hydrogen-bond donors (Lipinski definition) is 2. The largest absolute Gasteiger partial charge is 0.454 e. The van der Waals surface area contributed by atoms with Gasteiger partial charge in [-0.3, -0.25) is 4.79 Å². The third-order valence-corrected chi connectivity index (χ3v) is 3.05. The number of anilines is 1. The lowest BCUT2D eigenvalue weighted by Gasteiger charge is -2.08. The Morgan fingerprint density at radius 1 is 1.38 bits per heavy atom. The highest BCUT2D eigenvalue weighted by Crippen LogP contribution is 2.35. The molecule has 0 radical (unpaired) electrons. The zero-order valence-corrected chi connectivity index (χ0v) is 11.4.